The first kappa shape index (κ1) is 15.9. The molecule has 0 radical (unpaired) electrons. The molecule has 0 bridgehead atoms. The number of ether oxygens (including phenoxy) is 1. The van der Waals surface area contributed by atoms with Crippen molar-refractivity contribution in [2.45, 2.75) is 44.8 Å². The fraction of sp³-hybridized carbons (Fsp3) is 0.643. The molecule has 1 heterocycles. The van der Waals surface area contributed by atoms with Crippen molar-refractivity contribution < 1.29 is 19.4 Å². The normalized spacial score (nSPS) is 25.5. The molecule has 1 fully saturated rings. The summed E-state index contributed by atoms with van der Waals surface area (Å²) in [5.41, 5.74) is -0.902. The van der Waals surface area contributed by atoms with Crippen molar-refractivity contribution in [1.82, 2.24) is 10.3 Å². The first-order valence-electron chi connectivity index (χ1n) is 6.96. The summed E-state index contributed by atoms with van der Waals surface area (Å²) in [4.78, 5) is 28.0. The molecule has 0 spiro atoms. The molecule has 21 heavy (non-hydrogen) atoms. The van der Waals surface area contributed by atoms with Gasteiger partial charge in [0, 0.05) is 12.5 Å². The van der Waals surface area contributed by atoms with Gasteiger partial charge >= 0.3 is 5.97 Å². The Morgan fingerprint density at radius 2 is 2.19 bits per heavy atom. The second kappa shape index (κ2) is 6.53. The van der Waals surface area contributed by atoms with Crippen LogP contribution in [0.1, 0.15) is 48.1 Å². The van der Waals surface area contributed by atoms with Crippen LogP contribution in [0.15, 0.2) is 5.38 Å². The molecule has 1 aliphatic carbocycles. The molecule has 0 unspecified atom stereocenters. The lowest BCUT2D eigenvalue weighted by Crippen LogP contribution is -2.56. The Hall–Kier alpha value is -1.47. The van der Waals surface area contributed by atoms with Crippen molar-refractivity contribution in [3.8, 4) is 0 Å². The fourth-order valence-electron chi connectivity index (χ4n) is 2.53. The summed E-state index contributed by atoms with van der Waals surface area (Å²) in [5.74, 6) is -0.886. The van der Waals surface area contributed by atoms with Crippen LogP contribution in [-0.2, 0) is 16.1 Å². The highest BCUT2D eigenvalue weighted by Crippen LogP contribution is 2.32. The average Bonchev–Trinajstić information content (AvgIpc) is 2.90. The van der Waals surface area contributed by atoms with Gasteiger partial charge in [0.15, 0.2) is 0 Å². The van der Waals surface area contributed by atoms with E-state index < -0.39 is 17.4 Å². The number of carbonyl (C=O) groups excluding carboxylic acids is 1. The molecule has 0 atom stereocenters. The molecule has 0 aromatic carbocycles. The van der Waals surface area contributed by atoms with Gasteiger partial charge in [0.25, 0.3) is 5.91 Å². The van der Waals surface area contributed by atoms with E-state index in [9.17, 15) is 14.7 Å². The van der Waals surface area contributed by atoms with Crippen LogP contribution >= 0.6 is 11.3 Å². The Morgan fingerprint density at radius 3 is 2.76 bits per heavy atom. The van der Waals surface area contributed by atoms with Crippen molar-refractivity contribution in [2.75, 3.05) is 7.11 Å². The van der Waals surface area contributed by atoms with Gasteiger partial charge in [0.1, 0.15) is 16.2 Å². The van der Waals surface area contributed by atoms with Gasteiger partial charge in [-0.3, -0.25) is 4.79 Å². The van der Waals surface area contributed by atoms with Crippen molar-refractivity contribution >= 4 is 23.2 Å². The molecule has 1 aromatic rings. The predicted molar refractivity (Wildman–Crippen MR) is 78.3 cm³/mol. The van der Waals surface area contributed by atoms with E-state index in [4.69, 9.17) is 4.74 Å². The summed E-state index contributed by atoms with van der Waals surface area (Å²) < 4.78 is 4.96. The minimum absolute atomic E-state index is 0.256. The third-order valence-electron chi connectivity index (χ3n) is 3.94. The van der Waals surface area contributed by atoms with Gasteiger partial charge in [-0.1, -0.05) is 6.92 Å². The van der Waals surface area contributed by atoms with Gasteiger partial charge in [-0.25, -0.2) is 9.78 Å². The number of carboxylic acids is 1. The predicted octanol–water partition coefficient (Wildman–Crippen LogP) is 2.05. The number of aromatic nitrogens is 1. The molecular formula is C14H20N2O4S. The van der Waals surface area contributed by atoms with Crippen molar-refractivity contribution in [3.63, 3.8) is 0 Å². The summed E-state index contributed by atoms with van der Waals surface area (Å²) in [6.45, 7) is 2.45. The quantitative estimate of drug-likeness (QED) is 0.868. The maximum atomic E-state index is 12.3. The lowest BCUT2D eigenvalue weighted by Gasteiger charge is -2.36. The van der Waals surface area contributed by atoms with Gasteiger partial charge in [-0.05, 0) is 31.6 Å². The lowest BCUT2D eigenvalue weighted by atomic mass is 9.77. The number of carboxylic acid groups (broad SMARTS) is 1. The second-order valence-corrected chi connectivity index (χ2v) is 6.53. The summed E-state index contributed by atoms with van der Waals surface area (Å²) in [5, 5.41) is 14.5. The maximum absolute atomic E-state index is 12.3. The molecule has 2 rings (SSSR count). The van der Waals surface area contributed by atoms with Crippen molar-refractivity contribution in [3.05, 3.63) is 16.1 Å². The van der Waals surface area contributed by atoms with Crippen LogP contribution in [0.2, 0.25) is 0 Å². The number of amides is 1. The maximum Gasteiger partial charge on any atom is 0.329 e. The zero-order valence-electron chi connectivity index (χ0n) is 12.2. The smallest absolute Gasteiger partial charge is 0.329 e. The van der Waals surface area contributed by atoms with Gasteiger partial charge in [-0.15, -0.1) is 11.3 Å². The van der Waals surface area contributed by atoms with E-state index in [2.05, 4.69) is 17.2 Å². The van der Waals surface area contributed by atoms with E-state index in [-0.39, 0.29) is 5.69 Å². The summed E-state index contributed by atoms with van der Waals surface area (Å²) >= 11 is 1.33. The molecule has 1 aromatic heterocycles. The third kappa shape index (κ3) is 3.59. The Kier molecular flexibility index (Phi) is 4.95. The molecule has 7 heteroatoms. The van der Waals surface area contributed by atoms with Gasteiger partial charge < -0.3 is 15.2 Å². The third-order valence-corrected chi connectivity index (χ3v) is 4.76. The summed E-state index contributed by atoms with van der Waals surface area (Å²) in [7, 11) is 1.56. The Balaban J connectivity index is 2.09. The zero-order chi connectivity index (χ0) is 15.5. The lowest BCUT2D eigenvalue weighted by molar-refractivity contribution is -0.146. The standard InChI is InChI=1S/C14H20N2O4S/c1-9-3-5-14(6-4-9,13(18)19)16-12(17)10-8-21-11(15-10)7-20-2/h8-9H,3-7H2,1-2H3,(H,16,17)(H,18,19). The SMILES string of the molecule is COCc1nc(C(=O)NC2(C(=O)O)CCC(C)CC2)cs1. The Bertz CT molecular complexity index is 521. The summed E-state index contributed by atoms with van der Waals surface area (Å²) in [6, 6.07) is 0. The molecule has 0 saturated heterocycles. The van der Waals surface area contributed by atoms with Crippen molar-refractivity contribution in [1.29, 1.82) is 0 Å². The van der Waals surface area contributed by atoms with Gasteiger partial charge in [0.05, 0.1) is 6.61 Å². The highest BCUT2D eigenvalue weighted by atomic mass is 32.1. The monoisotopic (exact) mass is 312 g/mol. The molecular weight excluding hydrogens is 292 g/mol. The number of aliphatic carboxylic acids is 1. The number of nitrogens with zero attached hydrogens (tertiary/aromatic N) is 1. The number of rotatable bonds is 5. The van der Waals surface area contributed by atoms with E-state index in [1.165, 1.54) is 11.3 Å². The van der Waals surface area contributed by atoms with Crippen LogP contribution in [0, 0.1) is 5.92 Å². The fourth-order valence-corrected chi connectivity index (χ4v) is 3.28. The summed E-state index contributed by atoms with van der Waals surface area (Å²) in [6.07, 6.45) is 2.53. The van der Waals surface area contributed by atoms with E-state index >= 15 is 0 Å². The Morgan fingerprint density at radius 1 is 1.52 bits per heavy atom. The molecule has 1 amide bonds. The van der Waals surface area contributed by atoms with Crippen molar-refractivity contribution in [2.24, 2.45) is 5.92 Å². The van der Waals surface area contributed by atoms with E-state index in [0.29, 0.717) is 30.4 Å². The van der Waals surface area contributed by atoms with E-state index in [1.54, 1.807) is 12.5 Å². The minimum Gasteiger partial charge on any atom is -0.480 e. The second-order valence-electron chi connectivity index (χ2n) is 5.58. The average molecular weight is 312 g/mol. The van der Waals surface area contributed by atoms with Crippen LogP contribution in [0.3, 0.4) is 0 Å². The highest BCUT2D eigenvalue weighted by Gasteiger charge is 2.42. The van der Waals surface area contributed by atoms with Crippen LogP contribution in [-0.4, -0.2) is 34.6 Å². The molecule has 1 aliphatic rings. The first-order chi connectivity index (χ1) is 9.97. The number of hydrogen-bond acceptors (Lipinski definition) is 5. The van der Waals surface area contributed by atoms with Crippen LogP contribution in [0.25, 0.3) is 0 Å². The molecule has 116 valence electrons. The number of hydrogen-bond donors (Lipinski definition) is 2. The Labute approximate surface area is 127 Å². The topological polar surface area (TPSA) is 88.5 Å². The minimum atomic E-state index is -1.16. The van der Waals surface area contributed by atoms with Crippen LogP contribution in [0.5, 0.6) is 0 Å². The van der Waals surface area contributed by atoms with E-state index in [0.717, 1.165) is 12.8 Å². The highest BCUT2D eigenvalue weighted by molar-refractivity contribution is 7.09. The largest absolute Gasteiger partial charge is 0.480 e. The molecule has 6 nitrogen and oxygen atoms in total. The first-order valence-corrected chi connectivity index (χ1v) is 7.84. The number of nitrogens with one attached hydrogen (secondary N) is 1. The number of methoxy groups -OCH3 is 1. The van der Waals surface area contributed by atoms with Gasteiger partial charge in [-0.2, -0.15) is 0 Å². The molecule has 0 aliphatic heterocycles. The van der Waals surface area contributed by atoms with E-state index in [1.807, 2.05) is 0 Å². The van der Waals surface area contributed by atoms with Crippen LogP contribution in [0.4, 0.5) is 0 Å². The molecule has 1 saturated carbocycles. The van der Waals surface area contributed by atoms with Gasteiger partial charge in [0.2, 0.25) is 0 Å². The molecule has 2 N–H and O–H groups in total. The van der Waals surface area contributed by atoms with Crippen LogP contribution < -0.4 is 5.32 Å². The number of thiazole rings is 1. The zero-order valence-corrected chi connectivity index (χ0v) is 13.0. The number of carbonyl (C=O) groups is 2.